The van der Waals surface area contributed by atoms with Gasteiger partial charge in [-0.05, 0) is 25.3 Å². The van der Waals surface area contributed by atoms with Crippen molar-refractivity contribution in [2.24, 2.45) is 0 Å². The molecule has 1 N–H and O–H groups in total. The van der Waals surface area contributed by atoms with Gasteiger partial charge in [0.05, 0.1) is 0 Å². The Morgan fingerprint density at radius 3 is 2.65 bits per heavy atom. The zero-order chi connectivity index (χ0) is 15.8. The summed E-state index contributed by atoms with van der Waals surface area (Å²) in [6, 6.07) is 11.1. The van der Waals surface area contributed by atoms with Gasteiger partial charge in [-0.25, -0.2) is 0 Å². The molecule has 3 nitrogen and oxygen atoms in total. The molecule has 1 amide bonds. The summed E-state index contributed by atoms with van der Waals surface area (Å²) in [5.41, 5.74) is 1.31. The van der Waals surface area contributed by atoms with Gasteiger partial charge in [0.1, 0.15) is 0 Å². The van der Waals surface area contributed by atoms with E-state index in [1.807, 2.05) is 17.8 Å². The Kier molecular flexibility index (Phi) is 9.68. The SMILES string of the molecule is CCC(Cc1ccccc1)N(CC)C(=O)CC1CSCCN1.Cl. The number of carbonyl (C=O) groups is 1. The van der Waals surface area contributed by atoms with E-state index < -0.39 is 0 Å². The number of carbonyl (C=O) groups excluding carboxylic acids is 1. The van der Waals surface area contributed by atoms with Gasteiger partial charge in [-0.15, -0.1) is 12.4 Å². The normalized spacial score (nSPS) is 18.8. The lowest BCUT2D eigenvalue weighted by molar-refractivity contribution is -0.133. The zero-order valence-corrected chi connectivity index (χ0v) is 15.8. The molecular weight excluding hydrogens is 328 g/mol. The Hall–Kier alpha value is -0.710. The van der Waals surface area contributed by atoms with Gasteiger partial charge in [0.25, 0.3) is 0 Å². The van der Waals surface area contributed by atoms with E-state index in [1.165, 1.54) is 5.56 Å². The molecule has 5 heteroatoms. The third-order valence-corrected chi connectivity index (χ3v) is 5.44. The highest BCUT2D eigenvalue weighted by Crippen LogP contribution is 2.16. The Morgan fingerprint density at radius 2 is 2.09 bits per heavy atom. The summed E-state index contributed by atoms with van der Waals surface area (Å²) < 4.78 is 0. The summed E-state index contributed by atoms with van der Waals surface area (Å²) >= 11 is 1.95. The van der Waals surface area contributed by atoms with Crippen molar-refractivity contribution in [2.75, 3.05) is 24.6 Å². The predicted molar refractivity (Wildman–Crippen MR) is 103 cm³/mol. The first-order valence-corrected chi connectivity index (χ1v) is 9.54. The Morgan fingerprint density at radius 1 is 1.35 bits per heavy atom. The summed E-state index contributed by atoms with van der Waals surface area (Å²) in [6.07, 6.45) is 2.58. The fourth-order valence-corrected chi connectivity index (χ4v) is 4.03. The van der Waals surface area contributed by atoms with Gasteiger partial charge in [0, 0.05) is 43.1 Å². The molecule has 2 rings (SSSR count). The fraction of sp³-hybridized carbons (Fsp3) is 0.611. The van der Waals surface area contributed by atoms with E-state index in [0.29, 0.717) is 24.4 Å². The molecule has 1 aromatic rings. The highest BCUT2D eigenvalue weighted by Gasteiger charge is 2.24. The molecule has 0 saturated carbocycles. The summed E-state index contributed by atoms with van der Waals surface area (Å²) in [7, 11) is 0. The largest absolute Gasteiger partial charge is 0.340 e. The summed E-state index contributed by atoms with van der Waals surface area (Å²) in [4.78, 5) is 14.8. The smallest absolute Gasteiger partial charge is 0.224 e. The van der Waals surface area contributed by atoms with E-state index >= 15 is 0 Å². The van der Waals surface area contributed by atoms with E-state index in [0.717, 1.165) is 37.4 Å². The number of nitrogens with zero attached hydrogens (tertiary/aromatic N) is 1. The highest BCUT2D eigenvalue weighted by molar-refractivity contribution is 7.99. The molecule has 0 aromatic heterocycles. The molecule has 1 heterocycles. The number of halogens is 1. The molecule has 2 unspecified atom stereocenters. The number of nitrogens with one attached hydrogen (secondary N) is 1. The summed E-state index contributed by atoms with van der Waals surface area (Å²) in [5, 5.41) is 3.47. The van der Waals surface area contributed by atoms with Crippen molar-refractivity contribution in [3.05, 3.63) is 35.9 Å². The molecule has 1 aliphatic heterocycles. The quantitative estimate of drug-likeness (QED) is 0.812. The second-order valence-electron chi connectivity index (χ2n) is 5.86. The molecular formula is C18H29ClN2OS. The first-order valence-electron chi connectivity index (χ1n) is 8.39. The fourth-order valence-electron chi connectivity index (χ4n) is 3.08. The van der Waals surface area contributed by atoms with Gasteiger partial charge in [0.15, 0.2) is 0 Å². The van der Waals surface area contributed by atoms with Crippen molar-refractivity contribution in [3.63, 3.8) is 0 Å². The van der Waals surface area contributed by atoms with E-state index in [-0.39, 0.29) is 12.4 Å². The number of thioether (sulfide) groups is 1. The Bertz CT molecular complexity index is 452. The Balaban J connectivity index is 0.00000264. The van der Waals surface area contributed by atoms with Crippen LogP contribution in [-0.4, -0.2) is 47.5 Å². The van der Waals surface area contributed by atoms with Crippen LogP contribution in [0.5, 0.6) is 0 Å². The summed E-state index contributed by atoms with van der Waals surface area (Å²) in [6.45, 7) is 6.09. The molecule has 1 saturated heterocycles. The predicted octanol–water partition coefficient (Wildman–Crippen LogP) is 3.37. The molecule has 0 radical (unpaired) electrons. The number of amides is 1. The van der Waals surface area contributed by atoms with E-state index in [9.17, 15) is 4.79 Å². The maximum atomic E-state index is 12.7. The van der Waals surface area contributed by atoms with E-state index in [2.05, 4.69) is 48.3 Å². The molecule has 0 bridgehead atoms. The van der Waals surface area contributed by atoms with Crippen molar-refractivity contribution in [3.8, 4) is 0 Å². The van der Waals surface area contributed by atoms with Gasteiger partial charge in [-0.2, -0.15) is 11.8 Å². The lowest BCUT2D eigenvalue weighted by atomic mass is 10.0. The molecule has 130 valence electrons. The van der Waals surface area contributed by atoms with Crippen LogP contribution < -0.4 is 5.32 Å². The van der Waals surface area contributed by atoms with Gasteiger partial charge < -0.3 is 10.2 Å². The lowest BCUT2D eigenvalue weighted by Gasteiger charge is -2.32. The van der Waals surface area contributed by atoms with Crippen LogP contribution >= 0.6 is 24.2 Å². The van der Waals surface area contributed by atoms with Crippen LogP contribution in [0.1, 0.15) is 32.3 Å². The first-order chi connectivity index (χ1) is 10.7. The van der Waals surface area contributed by atoms with Gasteiger partial charge in [-0.1, -0.05) is 37.3 Å². The molecule has 1 aromatic carbocycles. The van der Waals surface area contributed by atoms with Crippen LogP contribution in [0.4, 0.5) is 0 Å². The van der Waals surface area contributed by atoms with Crippen LogP contribution in [-0.2, 0) is 11.2 Å². The maximum absolute atomic E-state index is 12.7. The van der Waals surface area contributed by atoms with Crippen LogP contribution in [0.3, 0.4) is 0 Å². The van der Waals surface area contributed by atoms with E-state index in [1.54, 1.807) is 0 Å². The van der Waals surface area contributed by atoms with Crippen LogP contribution in [0.15, 0.2) is 30.3 Å². The number of likely N-dealkylation sites (N-methyl/N-ethyl adjacent to an activating group) is 1. The van der Waals surface area contributed by atoms with Gasteiger partial charge in [-0.3, -0.25) is 4.79 Å². The minimum atomic E-state index is 0. The van der Waals surface area contributed by atoms with Crippen LogP contribution in [0.25, 0.3) is 0 Å². The average molecular weight is 357 g/mol. The number of rotatable bonds is 7. The first kappa shape index (κ1) is 20.3. The highest BCUT2D eigenvalue weighted by atomic mass is 35.5. The van der Waals surface area contributed by atoms with Crippen molar-refractivity contribution in [1.82, 2.24) is 10.2 Å². The van der Waals surface area contributed by atoms with Crippen molar-refractivity contribution < 1.29 is 4.79 Å². The number of hydrogen-bond donors (Lipinski definition) is 1. The number of benzene rings is 1. The second kappa shape index (κ2) is 11.0. The molecule has 1 fully saturated rings. The van der Waals surface area contributed by atoms with Crippen LogP contribution in [0, 0.1) is 0 Å². The molecule has 23 heavy (non-hydrogen) atoms. The lowest BCUT2D eigenvalue weighted by Crippen LogP contribution is -2.46. The second-order valence-corrected chi connectivity index (χ2v) is 7.01. The third-order valence-electron chi connectivity index (χ3n) is 4.31. The molecule has 0 aliphatic carbocycles. The third kappa shape index (κ3) is 6.36. The Labute approximate surface area is 151 Å². The van der Waals surface area contributed by atoms with Crippen molar-refractivity contribution >= 4 is 30.1 Å². The van der Waals surface area contributed by atoms with Crippen molar-refractivity contribution in [1.29, 1.82) is 0 Å². The average Bonchev–Trinajstić information content (AvgIpc) is 2.56. The minimum Gasteiger partial charge on any atom is -0.340 e. The zero-order valence-electron chi connectivity index (χ0n) is 14.2. The molecule has 2 atom stereocenters. The standard InChI is InChI=1S/C18H28N2OS.ClH/c1-3-17(12-15-8-6-5-7-9-15)20(4-2)18(21)13-16-14-22-11-10-19-16;/h5-9,16-17,19H,3-4,10-14H2,1-2H3;1H. The number of hydrogen-bond acceptors (Lipinski definition) is 3. The van der Waals surface area contributed by atoms with Gasteiger partial charge >= 0.3 is 0 Å². The topological polar surface area (TPSA) is 32.3 Å². The monoisotopic (exact) mass is 356 g/mol. The molecule has 1 aliphatic rings. The van der Waals surface area contributed by atoms with Gasteiger partial charge in [0.2, 0.25) is 5.91 Å². The van der Waals surface area contributed by atoms with E-state index in [4.69, 9.17) is 0 Å². The van der Waals surface area contributed by atoms with Crippen molar-refractivity contribution in [2.45, 2.75) is 45.2 Å². The molecule has 0 spiro atoms. The summed E-state index contributed by atoms with van der Waals surface area (Å²) in [5.74, 6) is 2.51. The maximum Gasteiger partial charge on any atom is 0.224 e. The van der Waals surface area contributed by atoms with Crippen LogP contribution in [0.2, 0.25) is 0 Å². The minimum absolute atomic E-state index is 0.